The SMILES string of the molecule is C[C@H](NC(=O)CNC(=O)[C@@H](N)Cc1c[nH]c2ccccc12)C(=O)N[C@@H](CS)C(=O)N[C@@H](Cc1c[nH]c2ccccc12)C(=O)N1CCC[C@H]1C(=O)N[C@@H](Cc1ccccc1)C(=O)N1CCC[C@H]1C(=O)N[C@@H](Cc1c[nH]c2ccccc12)C(=O)N[C@@H](CCC(=O)O)C(=O)N[C@@H](CS)C(=O)N[C@@H](Cc1ccccc1)C(=O)N[C@@H](CCCCN)C(=O)N[C@@H](CCC(=O)O)C(=O)O. The molecule has 676 valence electrons. The molecule has 13 amide bonds. The van der Waals surface area contributed by atoms with Gasteiger partial charge in [-0.3, -0.25) is 71.9 Å². The van der Waals surface area contributed by atoms with Crippen LogP contribution < -0.4 is 70.0 Å². The summed E-state index contributed by atoms with van der Waals surface area (Å²) in [7, 11) is 0. The van der Waals surface area contributed by atoms with E-state index >= 15 is 24.0 Å². The van der Waals surface area contributed by atoms with E-state index in [2.05, 4.69) is 98.7 Å². The van der Waals surface area contributed by atoms with E-state index in [9.17, 15) is 68.1 Å². The lowest BCUT2D eigenvalue weighted by Crippen LogP contribution is -2.61. The second kappa shape index (κ2) is 46.7. The van der Waals surface area contributed by atoms with Crippen molar-refractivity contribution >= 4 is 153 Å². The van der Waals surface area contributed by atoms with Gasteiger partial charge in [0.1, 0.15) is 72.5 Å². The van der Waals surface area contributed by atoms with Crippen molar-refractivity contribution in [2.45, 2.75) is 188 Å². The Kier molecular flexibility index (Phi) is 35.3. The fourth-order valence-corrected chi connectivity index (χ4v) is 16.0. The number of hydrogen-bond acceptors (Lipinski definition) is 20. The van der Waals surface area contributed by atoms with Crippen LogP contribution in [0.4, 0.5) is 0 Å². The van der Waals surface area contributed by atoms with Crippen molar-refractivity contribution in [1.82, 2.24) is 83.2 Å². The molecular formula is C88H108N18O19S2. The average molecular weight is 1790 g/mol. The van der Waals surface area contributed by atoms with E-state index in [-0.39, 0.29) is 89.6 Å². The third-order valence-electron chi connectivity index (χ3n) is 22.3. The van der Waals surface area contributed by atoms with E-state index in [0.29, 0.717) is 46.0 Å². The molecule has 2 aliphatic heterocycles. The van der Waals surface area contributed by atoms with Crippen LogP contribution in [0.25, 0.3) is 32.7 Å². The van der Waals surface area contributed by atoms with Gasteiger partial charge < -0.3 is 110 Å². The molecule has 5 heterocycles. The minimum atomic E-state index is -1.75. The largest absolute Gasteiger partial charge is 0.481 e. The number of benzene rings is 5. The first kappa shape index (κ1) is 96.1. The first-order valence-corrected chi connectivity index (χ1v) is 43.3. The van der Waals surface area contributed by atoms with E-state index in [0.717, 1.165) is 27.4 Å². The highest BCUT2D eigenvalue weighted by atomic mass is 32.1. The number of H-pyrrole nitrogens is 3. The lowest BCUT2D eigenvalue weighted by atomic mass is 10.0. The maximum absolute atomic E-state index is 15.5. The van der Waals surface area contributed by atoms with Crippen LogP contribution in [0.2, 0.25) is 0 Å². The van der Waals surface area contributed by atoms with E-state index in [1.807, 2.05) is 42.5 Å². The summed E-state index contributed by atoms with van der Waals surface area (Å²) in [6.45, 7) is 1.04. The molecular weight excluding hydrogens is 1680 g/mol. The monoisotopic (exact) mass is 1780 g/mol. The number of aromatic amines is 3. The number of carboxylic acids is 3. The molecule has 5 aromatic carbocycles. The van der Waals surface area contributed by atoms with Crippen molar-refractivity contribution in [3.63, 3.8) is 0 Å². The predicted molar refractivity (Wildman–Crippen MR) is 474 cm³/mol. The van der Waals surface area contributed by atoms with Gasteiger partial charge in [0.05, 0.1) is 12.6 Å². The maximum Gasteiger partial charge on any atom is 0.326 e. The molecule has 10 rings (SSSR count). The number of thiol groups is 2. The number of hydrogen-bond donors (Lipinski definition) is 21. The van der Waals surface area contributed by atoms with Gasteiger partial charge in [-0.1, -0.05) is 115 Å². The standard InChI is InChI=1S/C88H108N18O19S2/c1-49(95-73(107)46-94-77(113)58(90)40-52-43-91-59-25-11-8-22-55(52)59)76(112)103-69(47-126)83(119)101-68(42-54-45-93-61-27-13-10-24-57(54)61)87(123)106-37-17-30-72(106)85(121)102-67(39-51-20-6-3-7-21-51)86(122)105-36-16-29-71(105)84(120)100-66(41-53-44-92-60-26-12-9-23-56(53)60)81(117)97-63(31-33-74(108)109)79(115)104-70(48-127)82(118)99-65(38-50-18-4-2-5-19-50)80(116)96-62(28-14-15-35-89)78(114)98-64(88(124)125)32-34-75(110)111/h2-13,18-27,43-45,49,58,62-72,91-93,126-127H,14-17,28-42,46-48,89-90H2,1H3,(H,94,113)(H,95,107)(H,96,116)(H,97,117)(H,98,114)(H,99,118)(H,100,120)(H,101,119)(H,102,121)(H,103,112)(H,104,115)(H,108,109)(H,110,111)(H,124,125)/t49-,58-,62-,63-,64-,65-,66-,67-,68-,69-,70-,71-,72-/m0/s1. The third-order valence-corrected chi connectivity index (χ3v) is 23.1. The summed E-state index contributed by atoms with van der Waals surface area (Å²) >= 11 is 8.74. The number of rotatable bonds is 47. The van der Waals surface area contributed by atoms with Gasteiger partial charge in [0.15, 0.2) is 0 Å². The summed E-state index contributed by atoms with van der Waals surface area (Å²) in [5.41, 5.74) is 17.2. The van der Waals surface area contributed by atoms with E-state index in [4.69, 9.17) is 11.5 Å². The van der Waals surface area contributed by atoms with E-state index in [1.165, 1.54) is 16.7 Å². The highest BCUT2D eigenvalue weighted by Gasteiger charge is 2.44. The van der Waals surface area contributed by atoms with Crippen molar-refractivity contribution in [2.24, 2.45) is 11.5 Å². The van der Waals surface area contributed by atoms with Crippen LogP contribution in [0.15, 0.2) is 152 Å². The van der Waals surface area contributed by atoms with Crippen LogP contribution >= 0.6 is 25.3 Å². The molecule has 8 aromatic rings. The fraction of sp³-hybridized carbons (Fsp3) is 0.409. The number of carbonyl (C=O) groups excluding carboxylic acids is 13. The summed E-state index contributed by atoms with van der Waals surface area (Å²) in [6.07, 6.45) is 3.42. The molecule has 0 bridgehead atoms. The summed E-state index contributed by atoms with van der Waals surface area (Å²) in [5.74, 6) is -16.0. The van der Waals surface area contributed by atoms with E-state index < -0.39 is 211 Å². The summed E-state index contributed by atoms with van der Waals surface area (Å²) in [5, 5.41) is 60.1. The smallest absolute Gasteiger partial charge is 0.326 e. The van der Waals surface area contributed by atoms with Crippen molar-refractivity contribution < 1.29 is 92.0 Å². The fourth-order valence-electron chi connectivity index (χ4n) is 15.5. The lowest BCUT2D eigenvalue weighted by molar-refractivity contribution is -0.144. The van der Waals surface area contributed by atoms with Crippen LogP contribution in [0.5, 0.6) is 0 Å². The Bertz CT molecular complexity index is 5260. The molecule has 37 nitrogen and oxygen atoms in total. The Morgan fingerprint density at radius 2 is 0.772 bits per heavy atom. The third kappa shape index (κ3) is 27.0. The Morgan fingerprint density at radius 3 is 1.24 bits per heavy atom. The Hall–Kier alpha value is -13.1. The number of aromatic nitrogens is 3. The molecule has 127 heavy (non-hydrogen) atoms. The van der Waals surface area contributed by atoms with Gasteiger partial charge in [-0.25, -0.2) is 4.79 Å². The number of aliphatic carboxylic acids is 3. The number of nitrogens with two attached hydrogens (primary N) is 2. The van der Waals surface area contributed by atoms with Crippen LogP contribution in [-0.4, -0.2) is 251 Å². The Morgan fingerprint density at radius 1 is 0.409 bits per heavy atom. The zero-order chi connectivity index (χ0) is 91.4. The first-order valence-electron chi connectivity index (χ1n) is 42.0. The number of para-hydroxylation sites is 3. The van der Waals surface area contributed by atoms with Crippen molar-refractivity contribution in [3.8, 4) is 0 Å². The normalized spacial score (nSPS) is 16.3. The predicted octanol–water partition coefficient (Wildman–Crippen LogP) is 0.740. The van der Waals surface area contributed by atoms with Crippen LogP contribution in [0.1, 0.15) is 105 Å². The molecule has 39 heteroatoms. The van der Waals surface area contributed by atoms with E-state index in [1.54, 1.807) is 110 Å². The second-order valence-electron chi connectivity index (χ2n) is 31.5. The Balaban J connectivity index is 0.830. The van der Waals surface area contributed by atoms with Crippen LogP contribution in [0, 0.1) is 0 Å². The van der Waals surface area contributed by atoms with Gasteiger partial charge in [-0.2, -0.15) is 25.3 Å². The number of carboxylic acid groups (broad SMARTS) is 3. The molecule has 0 saturated carbocycles. The molecule has 21 N–H and O–H groups in total. The molecule has 2 fully saturated rings. The number of nitrogens with one attached hydrogen (secondary N) is 14. The average Bonchev–Trinajstić information content (AvgIpc) is 1.68. The van der Waals surface area contributed by atoms with Gasteiger partial charge in [0.25, 0.3) is 0 Å². The summed E-state index contributed by atoms with van der Waals surface area (Å²) in [6, 6.07) is 20.3. The van der Waals surface area contributed by atoms with Crippen molar-refractivity contribution in [1.29, 1.82) is 0 Å². The molecule has 3 aromatic heterocycles. The topological polar surface area (TPSA) is 572 Å². The number of carbonyl (C=O) groups is 16. The Labute approximate surface area is 741 Å². The number of amides is 13. The molecule has 2 aliphatic rings. The highest BCUT2D eigenvalue weighted by Crippen LogP contribution is 2.28. The molecule has 2 saturated heterocycles. The highest BCUT2D eigenvalue weighted by molar-refractivity contribution is 7.80. The summed E-state index contributed by atoms with van der Waals surface area (Å²) < 4.78 is 0. The minimum Gasteiger partial charge on any atom is -0.481 e. The molecule has 0 radical (unpaired) electrons. The zero-order valence-corrected chi connectivity index (χ0v) is 71.6. The number of likely N-dealkylation sites (tertiary alicyclic amines) is 2. The molecule has 0 spiro atoms. The summed E-state index contributed by atoms with van der Waals surface area (Å²) in [4.78, 5) is 236. The number of nitrogens with zero attached hydrogens (tertiary/aromatic N) is 2. The molecule has 0 aliphatic carbocycles. The van der Waals surface area contributed by atoms with Gasteiger partial charge >= 0.3 is 17.9 Å². The molecule has 0 unspecified atom stereocenters. The van der Waals surface area contributed by atoms with Gasteiger partial charge in [0, 0.05) is 114 Å². The van der Waals surface area contributed by atoms with Gasteiger partial charge in [-0.15, -0.1) is 0 Å². The quantitative estimate of drug-likeness (QED) is 0.0185. The first-order chi connectivity index (χ1) is 61.0. The zero-order valence-electron chi connectivity index (χ0n) is 69.8. The van der Waals surface area contributed by atoms with Crippen LogP contribution in [-0.2, 0) is 109 Å². The number of unbranched alkanes of at least 4 members (excludes halogenated alkanes) is 1. The van der Waals surface area contributed by atoms with Crippen molar-refractivity contribution in [2.75, 3.05) is 37.7 Å². The maximum atomic E-state index is 15.5. The van der Waals surface area contributed by atoms with Gasteiger partial charge in [0.2, 0.25) is 76.8 Å². The van der Waals surface area contributed by atoms with Crippen molar-refractivity contribution in [3.05, 3.63) is 180 Å². The minimum absolute atomic E-state index is 0.0141. The number of fused-ring (bicyclic) bond motifs is 3. The second-order valence-corrected chi connectivity index (χ2v) is 32.2. The lowest BCUT2D eigenvalue weighted by Gasteiger charge is -2.32. The van der Waals surface area contributed by atoms with Crippen LogP contribution in [0.3, 0.4) is 0 Å². The molecule has 13 atom stereocenters. The van der Waals surface area contributed by atoms with Gasteiger partial charge in [-0.05, 0) is 124 Å².